The van der Waals surface area contributed by atoms with E-state index >= 15 is 0 Å². The van der Waals surface area contributed by atoms with Crippen LogP contribution in [0.25, 0.3) is 10.9 Å². The molecule has 10 heteroatoms. The van der Waals surface area contributed by atoms with Gasteiger partial charge in [0.2, 0.25) is 11.8 Å². The number of aromatic amines is 1. The maximum Gasteiger partial charge on any atom is 0.407 e. The van der Waals surface area contributed by atoms with Gasteiger partial charge in [-0.15, -0.1) is 0 Å². The third-order valence-electron chi connectivity index (χ3n) is 4.97. The average Bonchev–Trinajstić information content (AvgIpc) is 3.27. The Morgan fingerprint density at radius 3 is 2.38 bits per heavy atom. The number of H-pyrrole nitrogens is 1. The van der Waals surface area contributed by atoms with Gasteiger partial charge in [0.15, 0.2) is 0 Å². The predicted octanol–water partition coefficient (Wildman–Crippen LogP) is 1.41. The number of fused-ring (bicyclic) bond motifs is 1. The zero-order chi connectivity index (χ0) is 24.3. The summed E-state index contributed by atoms with van der Waals surface area (Å²) in [5.74, 6) is -1.76. The van der Waals surface area contributed by atoms with E-state index < -0.39 is 29.9 Å². The van der Waals surface area contributed by atoms with E-state index in [0.717, 1.165) is 22.0 Å². The minimum atomic E-state index is -0.931. The van der Waals surface area contributed by atoms with Crippen LogP contribution in [0, 0.1) is 0 Å². The number of esters is 1. The summed E-state index contributed by atoms with van der Waals surface area (Å²) >= 11 is 0. The number of benzene rings is 2. The summed E-state index contributed by atoms with van der Waals surface area (Å²) in [5.41, 5.74) is 2.56. The molecule has 3 aromatic rings. The number of ether oxygens (including phenoxy) is 2. The highest BCUT2D eigenvalue weighted by Crippen LogP contribution is 2.19. The summed E-state index contributed by atoms with van der Waals surface area (Å²) in [6.07, 6.45) is 1.23. The zero-order valence-electron chi connectivity index (χ0n) is 18.6. The van der Waals surface area contributed by atoms with Gasteiger partial charge in [0.1, 0.15) is 19.2 Å². The van der Waals surface area contributed by atoms with Crippen LogP contribution in [0.15, 0.2) is 60.8 Å². The monoisotopic (exact) mass is 466 g/mol. The smallest absolute Gasteiger partial charge is 0.407 e. The SMILES string of the molecule is COC(=O)C(Cc1c[nH]c2ccccc12)NC(=O)CNC(=O)CNC(=O)OCc1ccccc1. The lowest BCUT2D eigenvalue weighted by Gasteiger charge is -2.16. The molecule has 1 atom stereocenters. The first kappa shape index (κ1) is 24.3. The molecule has 4 N–H and O–H groups in total. The van der Waals surface area contributed by atoms with E-state index in [2.05, 4.69) is 20.9 Å². The predicted molar refractivity (Wildman–Crippen MR) is 124 cm³/mol. The lowest BCUT2D eigenvalue weighted by atomic mass is 10.0. The second kappa shape index (κ2) is 12.0. The molecule has 3 rings (SSSR count). The summed E-state index contributed by atoms with van der Waals surface area (Å²) in [7, 11) is 1.24. The molecule has 178 valence electrons. The molecule has 1 aromatic heterocycles. The van der Waals surface area contributed by atoms with E-state index in [1.54, 1.807) is 18.3 Å². The summed E-state index contributed by atoms with van der Waals surface area (Å²) in [4.78, 5) is 51.3. The summed E-state index contributed by atoms with van der Waals surface area (Å²) in [5, 5.41) is 8.20. The van der Waals surface area contributed by atoms with Crippen LogP contribution in [0.2, 0.25) is 0 Å². The van der Waals surface area contributed by atoms with Crippen molar-refractivity contribution in [3.05, 3.63) is 71.9 Å². The van der Waals surface area contributed by atoms with Gasteiger partial charge in [-0.2, -0.15) is 0 Å². The standard InChI is InChI=1S/C24H26N4O6/c1-33-23(31)20(11-17-12-25-19-10-6-5-9-18(17)19)28-22(30)14-26-21(29)13-27-24(32)34-15-16-7-3-2-4-8-16/h2-10,12,20,25H,11,13-15H2,1H3,(H,26,29)(H,27,32)(H,28,30). The molecule has 0 spiro atoms. The van der Waals surface area contributed by atoms with Gasteiger partial charge in [-0.05, 0) is 17.2 Å². The Labute approximate surface area is 196 Å². The fourth-order valence-electron chi connectivity index (χ4n) is 3.27. The third-order valence-corrected chi connectivity index (χ3v) is 4.97. The van der Waals surface area contributed by atoms with Crippen LogP contribution >= 0.6 is 0 Å². The van der Waals surface area contributed by atoms with Crippen molar-refractivity contribution < 1.29 is 28.7 Å². The molecule has 0 bridgehead atoms. The van der Waals surface area contributed by atoms with Crippen molar-refractivity contribution in [1.82, 2.24) is 20.9 Å². The van der Waals surface area contributed by atoms with Crippen LogP contribution in [0.4, 0.5) is 4.79 Å². The molecule has 0 radical (unpaired) electrons. The van der Waals surface area contributed by atoms with Gasteiger partial charge in [-0.25, -0.2) is 9.59 Å². The van der Waals surface area contributed by atoms with Gasteiger partial charge >= 0.3 is 12.1 Å². The van der Waals surface area contributed by atoms with E-state index in [9.17, 15) is 19.2 Å². The van der Waals surface area contributed by atoms with Crippen molar-refractivity contribution in [3.8, 4) is 0 Å². The van der Waals surface area contributed by atoms with Crippen LogP contribution in [-0.2, 0) is 36.9 Å². The van der Waals surface area contributed by atoms with Crippen molar-refractivity contribution in [1.29, 1.82) is 0 Å². The number of nitrogens with one attached hydrogen (secondary N) is 4. The Balaban J connectivity index is 1.42. The number of rotatable bonds is 10. The second-order valence-corrected chi connectivity index (χ2v) is 7.40. The first-order valence-electron chi connectivity index (χ1n) is 10.6. The molecular formula is C24H26N4O6. The molecule has 0 fully saturated rings. The number of hydrogen-bond donors (Lipinski definition) is 4. The molecule has 34 heavy (non-hydrogen) atoms. The number of methoxy groups -OCH3 is 1. The van der Waals surface area contributed by atoms with Crippen molar-refractivity contribution in [2.24, 2.45) is 0 Å². The normalized spacial score (nSPS) is 11.3. The molecule has 2 aromatic carbocycles. The number of aromatic nitrogens is 1. The van der Waals surface area contributed by atoms with Crippen molar-refractivity contribution >= 4 is 34.8 Å². The Hall–Kier alpha value is -4.34. The molecule has 0 aliphatic heterocycles. The third kappa shape index (κ3) is 7.09. The number of carbonyl (C=O) groups excluding carboxylic acids is 4. The molecule has 1 heterocycles. The number of carbonyl (C=O) groups is 4. The summed E-state index contributed by atoms with van der Waals surface area (Å²) in [6.45, 7) is -0.667. The topological polar surface area (TPSA) is 139 Å². The highest BCUT2D eigenvalue weighted by atomic mass is 16.5. The van der Waals surface area contributed by atoms with Crippen LogP contribution in [0.5, 0.6) is 0 Å². The molecule has 0 saturated heterocycles. The number of alkyl carbamates (subject to hydrolysis) is 1. The van der Waals surface area contributed by atoms with Crippen LogP contribution < -0.4 is 16.0 Å². The lowest BCUT2D eigenvalue weighted by Crippen LogP contribution is -2.48. The Morgan fingerprint density at radius 2 is 1.62 bits per heavy atom. The van der Waals surface area contributed by atoms with Crippen molar-refractivity contribution in [2.45, 2.75) is 19.1 Å². The van der Waals surface area contributed by atoms with Gasteiger partial charge in [-0.3, -0.25) is 9.59 Å². The first-order valence-corrected chi connectivity index (χ1v) is 10.6. The molecule has 1 unspecified atom stereocenters. The van der Waals surface area contributed by atoms with Crippen LogP contribution in [0.1, 0.15) is 11.1 Å². The maximum atomic E-state index is 12.3. The minimum Gasteiger partial charge on any atom is -0.467 e. The van der Waals surface area contributed by atoms with Crippen molar-refractivity contribution in [3.63, 3.8) is 0 Å². The number of hydrogen-bond acceptors (Lipinski definition) is 6. The summed E-state index contributed by atoms with van der Waals surface area (Å²) < 4.78 is 9.82. The molecule has 3 amide bonds. The fourth-order valence-corrected chi connectivity index (χ4v) is 3.27. The van der Waals surface area contributed by atoms with Crippen LogP contribution in [0.3, 0.4) is 0 Å². The van der Waals surface area contributed by atoms with Gasteiger partial charge in [0.05, 0.1) is 13.7 Å². The van der Waals surface area contributed by atoms with E-state index in [4.69, 9.17) is 9.47 Å². The minimum absolute atomic E-state index is 0.0715. The quantitative estimate of drug-likeness (QED) is 0.333. The van der Waals surface area contributed by atoms with Crippen molar-refractivity contribution in [2.75, 3.05) is 20.2 Å². The number of para-hydroxylation sites is 1. The number of amides is 3. The van der Waals surface area contributed by atoms with E-state index in [-0.39, 0.29) is 26.1 Å². The fraction of sp³-hybridized carbons (Fsp3) is 0.250. The Kier molecular flexibility index (Phi) is 8.61. The van der Waals surface area contributed by atoms with E-state index in [1.165, 1.54) is 7.11 Å². The Morgan fingerprint density at radius 1 is 0.912 bits per heavy atom. The molecule has 0 aliphatic carbocycles. The highest BCUT2D eigenvalue weighted by Gasteiger charge is 2.23. The Bertz CT molecular complexity index is 1140. The second-order valence-electron chi connectivity index (χ2n) is 7.40. The molecule has 0 saturated carbocycles. The van der Waals surface area contributed by atoms with Gasteiger partial charge in [0.25, 0.3) is 0 Å². The van der Waals surface area contributed by atoms with Gasteiger partial charge in [0, 0.05) is 23.5 Å². The average molecular weight is 466 g/mol. The summed E-state index contributed by atoms with van der Waals surface area (Å²) in [6, 6.07) is 15.8. The maximum absolute atomic E-state index is 12.3. The molecule has 0 aliphatic rings. The van der Waals surface area contributed by atoms with E-state index in [1.807, 2.05) is 42.5 Å². The van der Waals surface area contributed by atoms with Crippen LogP contribution in [-0.4, -0.2) is 55.1 Å². The van der Waals surface area contributed by atoms with Gasteiger partial charge < -0.3 is 30.4 Å². The van der Waals surface area contributed by atoms with E-state index in [0.29, 0.717) is 0 Å². The van der Waals surface area contributed by atoms with Gasteiger partial charge in [-0.1, -0.05) is 48.5 Å². The molecular weight excluding hydrogens is 440 g/mol. The lowest BCUT2D eigenvalue weighted by molar-refractivity contribution is -0.144. The largest absolute Gasteiger partial charge is 0.467 e. The zero-order valence-corrected chi connectivity index (χ0v) is 18.6. The molecule has 10 nitrogen and oxygen atoms in total. The highest BCUT2D eigenvalue weighted by molar-refractivity contribution is 5.90. The first-order chi connectivity index (χ1) is 16.5.